The quantitative estimate of drug-likeness (QED) is 0.611. The van der Waals surface area contributed by atoms with Crippen LogP contribution in [-0.4, -0.2) is 70.7 Å². The summed E-state index contributed by atoms with van der Waals surface area (Å²) in [6, 6.07) is 0. The van der Waals surface area contributed by atoms with Crippen LogP contribution in [0.25, 0.3) is 0 Å². The first-order chi connectivity index (χ1) is 8.79. The predicted molar refractivity (Wildman–Crippen MR) is 71.8 cm³/mol. The Morgan fingerprint density at radius 2 is 2.00 bits per heavy atom. The summed E-state index contributed by atoms with van der Waals surface area (Å²) in [5.41, 5.74) is 6.01. The Kier molecular flexibility index (Phi) is 7.77. The van der Waals surface area contributed by atoms with Crippen molar-refractivity contribution in [3.63, 3.8) is 0 Å². The molecule has 1 heterocycles. The number of nitrogens with zero attached hydrogens (tertiary/aromatic N) is 1. The van der Waals surface area contributed by atoms with E-state index in [1.807, 2.05) is 0 Å². The van der Waals surface area contributed by atoms with Gasteiger partial charge in [-0.25, -0.2) is 0 Å². The molecule has 0 bridgehead atoms. The number of nitrogens with two attached hydrogens (primary N) is 1. The molecule has 1 unspecified atom stereocenters. The first-order valence-corrected chi connectivity index (χ1v) is 6.80. The molecule has 2 N–H and O–H groups in total. The van der Waals surface area contributed by atoms with Gasteiger partial charge in [-0.1, -0.05) is 0 Å². The maximum Gasteiger partial charge on any atom is 0.0662 e. The average molecular weight is 260 g/mol. The summed E-state index contributed by atoms with van der Waals surface area (Å²) in [6.07, 6.45) is 3.22. The molecule has 18 heavy (non-hydrogen) atoms. The smallest absolute Gasteiger partial charge is 0.0662 e. The Hall–Kier alpha value is -0.200. The fourth-order valence-corrected chi connectivity index (χ4v) is 2.56. The van der Waals surface area contributed by atoms with Gasteiger partial charge in [0.05, 0.1) is 18.8 Å². The van der Waals surface area contributed by atoms with Gasteiger partial charge in [0.15, 0.2) is 0 Å². The van der Waals surface area contributed by atoms with Gasteiger partial charge in [-0.05, 0) is 19.3 Å². The monoisotopic (exact) mass is 260 g/mol. The van der Waals surface area contributed by atoms with Crippen molar-refractivity contribution >= 4 is 0 Å². The second-order valence-corrected chi connectivity index (χ2v) is 4.91. The van der Waals surface area contributed by atoms with E-state index in [2.05, 4.69) is 4.90 Å². The van der Waals surface area contributed by atoms with Gasteiger partial charge in [-0.3, -0.25) is 4.90 Å². The normalized spacial score (nSPS) is 24.7. The van der Waals surface area contributed by atoms with Crippen LogP contribution in [0.5, 0.6) is 0 Å². The third-order valence-corrected chi connectivity index (χ3v) is 3.69. The summed E-state index contributed by atoms with van der Waals surface area (Å²) in [7, 11) is 3.47. The zero-order valence-electron chi connectivity index (χ0n) is 11.8. The SMILES string of the molecule is COCCCN(CCOC)C1(CN)CCCOC1. The van der Waals surface area contributed by atoms with Gasteiger partial charge >= 0.3 is 0 Å². The van der Waals surface area contributed by atoms with E-state index in [4.69, 9.17) is 19.9 Å². The Morgan fingerprint density at radius 1 is 1.22 bits per heavy atom. The van der Waals surface area contributed by atoms with Crippen molar-refractivity contribution in [2.24, 2.45) is 5.73 Å². The number of methoxy groups -OCH3 is 2. The van der Waals surface area contributed by atoms with Crippen LogP contribution < -0.4 is 5.73 Å². The van der Waals surface area contributed by atoms with Crippen LogP contribution in [0.3, 0.4) is 0 Å². The maximum absolute atomic E-state index is 6.02. The zero-order valence-corrected chi connectivity index (χ0v) is 11.8. The second kappa shape index (κ2) is 8.82. The van der Waals surface area contributed by atoms with Gasteiger partial charge in [-0.15, -0.1) is 0 Å². The molecule has 108 valence electrons. The molecule has 1 aliphatic rings. The van der Waals surface area contributed by atoms with E-state index >= 15 is 0 Å². The summed E-state index contributed by atoms with van der Waals surface area (Å²) in [5.74, 6) is 0. The summed E-state index contributed by atoms with van der Waals surface area (Å²) >= 11 is 0. The maximum atomic E-state index is 6.02. The molecule has 5 nitrogen and oxygen atoms in total. The topological polar surface area (TPSA) is 57.0 Å². The van der Waals surface area contributed by atoms with Crippen LogP contribution in [0.15, 0.2) is 0 Å². The first-order valence-electron chi connectivity index (χ1n) is 6.80. The van der Waals surface area contributed by atoms with Crippen molar-refractivity contribution in [3.8, 4) is 0 Å². The van der Waals surface area contributed by atoms with Crippen LogP contribution in [0, 0.1) is 0 Å². The van der Waals surface area contributed by atoms with Crippen LogP contribution in [0.2, 0.25) is 0 Å². The Morgan fingerprint density at radius 3 is 2.56 bits per heavy atom. The van der Waals surface area contributed by atoms with Crippen LogP contribution >= 0.6 is 0 Å². The highest BCUT2D eigenvalue weighted by atomic mass is 16.5. The molecule has 0 saturated carbocycles. The first kappa shape index (κ1) is 15.9. The molecule has 0 aromatic carbocycles. The molecule has 0 aromatic rings. The van der Waals surface area contributed by atoms with E-state index < -0.39 is 0 Å². The lowest BCUT2D eigenvalue weighted by Gasteiger charge is -2.45. The van der Waals surface area contributed by atoms with E-state index in [0.717, 1.165) is 58.8 Å². The van der Waals surface area contributed by atoms with Crippen molar-refractivity contribution in [1.82, 2.24) is 4.90 Å². The minimum absolute atomic E-state index is 0.00940. The zero-order chi connectivity index (χ0) is 13.3. The van der Waals surface area contributed by atoms with Crippen LogP contribution in [0.1, 0.15) is 19.3 Å². The molecule has 0 radical (unpaired) electrons. The lowest BCUT2D eigenvalue weighted by Crippen LogP contribution is -2.59. The summed E-state index contributed by atoms with van der Waals surface area (Å²) in [4.78, 5) is 2.43. The third-order valence-electron chi connectivity index (χ3n) is 3.69. The molecular weight excluding hydrogens is 232 g/mol. The van der Waals surface area contributed by atoms with Crippen LogP contribution in [0.4, 0.5) is 0 Å². The number of rotatable bonds is 9. The Labute approximate surface area is 111 Å². The van der Waals surface area contributed by atoms with E-state index in [-0.39, 0.29) is 5.54 Å². The van der Waals surface area contributed by atoms with Crippen molar-refractivity contribution in [3.05, 3.63) is 0 Å². The number of hydrogen-bond donors (Lipinski definition) is 1. The van der Waals surface area contributed by atoms with Gasteiger partial charge in [0.1, 0.15) is 0 Å². The highest BCUT2D eigenvalue weighted by molar-refractivity contribution is 4.93. The summed E-state index contributed by atoms with van der Waals surface area (Å²) in [5, 5.41) is 0. The fraction of sp³-hybridized carbons (Fsp3) is 1.00. The molecule has 1 rings (SSSR count). The highest BCUT2D eigenvalue weighted by Gasteiger charge is 2.37. The second-order valence-electron chi connectivity index (χ2n) is 4.91. The molecule has 1 atom stereocenters. The predicted octanol–water partition coefficient (Wildman–Crippen LogP) is 0.479. The molecule has 5 heteroatoms. The molecule has 1 fully saturated rings. The Bertz CT molecular complexity index is 208. The fourth-order valence-electron chi connectivity index (χ4n) is 2.56. The van der Waals surface area contributed by atoms with Gasteiger partial charge in [0.25, 0.3) is 0 Å². The molecule has 0 aromatic heterocycles. The Balaban J connectivity index is 2.58. The van der Waals surface area contributed by atoms with Gasteiger partial charge < -0.3 is 19.9 Å². The number of hydrogen-bond acceptors (Lipinski definition) is 5. The molecule has 1 saturated heterocycles. The highest BCUT2D eigenvalue weighted by Crippen LogP contribution is 2.25. The van der Waals surface area contributed by atoms with Crippen LogP contribution in [-0.2, 0) is 14.2 Å². The summed E-state index contributed by atoms with van der Waals surface area (Å²) in [6.45, 7) is 5.64. The molecule has 0 spiro atoms. The van der Waals surface area contributed by atoms with E-state index in [1.54, 1.807) is 14.2 Å². The molecule has 0 amide bonds. The van der Waals surface area contributed by atoms with Crippen molar-refractivity contribution in [1.29, 1.82) is 0 Å². The van der Waals surface area contributed by atoms with Gasteiger partial charge in [-0.2, -0.15) is 0 Å². The summed E-state index contributed by atoms with van der Waals surface area (Å²) < 4.78 is 16.0. The van der Waals surface area contributed by atoms with Crippen molar-refractivity contribution in [2.45, 2.75) is 24.8 Å². The minimum Gasteiger partial charge on any atom is -0.385 e. The minimum atomic E-state index is -0.00940. The largest absolute Gasteiger partial charge is 0.385 e. The van der Waals surface area contributed by atoms with E-state index in [1.165, 1.54) is 0 Å². The molecular formula is C13H28N2O3. The van der Waals surface area contributed by atoms with Crippen molar-refractivity contribution in [2.75, 3.05) is 60.3 Å². The van der Waals surface area contributed by atoms with E-state index in [9.17, 15) is 0 Å². The van der Waals surface area contributed by atoms with E-state index in [0.29, 0.717) is 6.54 Å². The lowest BCUT2D eigenvalue weighted by atomic mass is 9.90. The van der Waals surface area contributed by atoms with Gasteiger partial charge in [0, 0.05) is 47.1 Å². The molecule has 0 aliphatic carbocycles. The average Bonchev–Trinajstić information content (AvgIpc) is 2.43. The lowest BCUT2D eigenvalue weighted by molar-refractivity contribution is -0.0536. The standard InChI is InChI=1S/C13H28N2O3/c1-16-8-4-6-15(7-10-17-2)13(11-14)5-3-9-18-12-13/h3-12,14H2,1-2H3. The third kappa shape index (κ3) is 4.48. The molecule has 1 aliphatic heterocycles. The number of ether oxygens (including phenoxy) is 3. The van der Waals surface area contributed by atoms with Crippen molar-refractivity contribution < 1.29 is 14.2 Å². The van der Waals surface area contributed by atoms with Gasteiger partial charge in [0.2, 0.25) is 0 Å².